The molecule has 0 fully saturated rings. The van der Waals surface area contributed by atoms with Crippen molar-refractivity contribution in [1.82, 2.24) is 0 Å². The maximum atomic E-state index is 9.82. The molecule has 0 aliphatic heterocycles. The molecule has 1 nitrogen and oxygen atoms in total. The molecule has 0 saturated heterocycles. The molecule has 0 aromatic heterocycles. The first-order chi connectivity index (χ1) is 8.25. The van der Waals surface area contributed by atoms with E-state index in [1.54, 1.807) is 11.8 Å². The number of allylic oxidation sites excluding steroid dienone is 5. The molecule has 0 saturated carbocycles. The third-order valence-corrected chi connectivity index (χ3v) is 3.96. The van der Waals surface area contributed by atoms with Crippen LogP contribution in [0.2, 0.25) is 0 Å². The molecule has 2 rings (SSSR count). The molecule has 1 aromatic rings. The van der Waals surface area contributed by atoms with Gasteiger partial charge in [-0.25, -0.2) is 0 Å². The summed E-state index contributed by atoms with van der Waals surface area (Å²) < 4.78 is 1.09. The van der Waals surface area contributed by atoms with Gasteiger partial charge in [0, 0.05) is 15.8 Å². The fraction of sp³-hybridized carbons (Fsp3) is 0.143. The zero-order chi connectivity index (χ0) is 12.1. The molecule has 0 radical (unpaired) electrons. The van der Waals surface area contributed by atoms with Crippen LogP contribution in [0.4, 0.5) is 0 Å². The van der Waals surface area contributed by atoms with Gasteiger partial charge in [0.15, 0.2) is 0 Å². The minimum atomic E-state index is 0.456. The van der Waals surface area contributed by atoms with E-state index in [1.165, 1.54) is 5.56 Å². The molecule has 17 heavy (non-hydrogen) atoms. The lowest BCUT2D eigenvalue weighted by Gasteiger charge is -2.03. The van der Waals surface area contributed by atoms with Crippen molar-refractivity contribution in [2.45, 2.75) is 5.75 Å². The van der Waals surface area contributed by atoms with Crippen molar-refractivity contribution >= 4 is 27.7 Å². The first-order valence-corrected chi connectivity index (χ1v) is 7.29. The van der Waals surface area contributed by atoms with Crippen molar-refractivity contribution in [3.05, 3.63) is 69.9 Å². The fourth-order valence-electron chi connectivity index (χ4n) is 1.50. The van der Waals surface area contributed by atoms with E-state index in [4.69, 9.17) is 0 Å². The van der Waals surface area contributed by atoms with Crippen LogP contribution in [-0.4, -0.2) is 10.9 Å². The van der Waals surface area contributed by atoms with E-state index in [2.05, 4.69) is 28.1 Å². The van der Waals surface area contributed by atoms with Gasteiger partial charge in [0.05, 0.1) is 5.75 Å². The maximum absolute atomic E-state index is 9.82. The maximum Gasteiger partial charge on any atom is 0.109 e. The van der Waals surface area contributed by atoms with E-state index < -0.39 is 0 Å². The Kier molecular flexibility index (Phi) is 4.51. The minimum Gasteiger partial charge on any atom is -0.511 e. The van der Waals surface area contributed by atoms with Gasteiger partial charge in [-0.05, 0) is 17.7 Å². The normalized spacial score (nSPS) is 13.4. The Morgan fingerprint density at radius 3 is 2.41 bits per heavy atom. The molecule has 1 N–H and O–H groups in total. The van der Waals surface area contributed by atoms with Crippen LogP contribution in [-0.2, 0) is 5.75 Å². The van der Waals surface area contributed by atoms with Gasteiger partial charge in [-0.2, -0.15) is 0 Å². The number of rotatable bonds is 4. The number of hydrogen-bond acceptors (Lipinski definition) is 2. The summed E-state index contributed by atoms with van der Waals surface area (Å²) in [5, 5.41) is 9.82. The van der Waals surface area contributed by atoms with Crippen LogP contribution in [0, 0.1) is 0 Å². The highest BCUT2D eigenvalue weighted by Gasteiger charge is 2.02. The van der Waals surface area contributed by atoms with Gasteiger partial charge < -0.3 is 5.11 Å². The van der Waals surface area contributed by atoms with E-state index in [0.717, 1.165) is 15.8 Å². The van der Waals surface area contributed by atoms with Gasteiger partial charge in [-0.3, -0.25) is 0 Å². The monoisotopic (exact) mass is 308 g/mol. The molecule has 3 heteroatoms. The van der Waals surface area contributed by atoms with Crippen LogP contribution in [0.25, 0.3) is 0 Å². The molecule has 0 atom stereocenters. The number of thioether (sulfide) groups is 1. The molecule has 0 amide bonds. The zero-order valence-electron chi connectivity index (χ0n) is 9.27. The first kappa shape index (κ1) is 12.5. The summed E-state index contributed by atoms with van der Waals surface area (Å²) >= 11 is 5.13. The highest BCUT2D eigenvalue weighted by molar-refractivity contribution is 9.10. The summed E-state index contributed by atoms with van der Waals surface area (Å²) in [6.45, 7) is 0. The first-order valence-electron chi connectivity index (χ1n) is 5.35. The molecule has 88 valence electrons. The van der Waals surface area contributed by atoms with Crippen molar-refractivity contribution < 1.29 is 5.11 Å². The summed E-state index contributed by atoms with van der Waals surface area (Å²) in [7, 11) is 0. The Labute approximate surface area is 114 Å². The molecule has 0 spiro atoms. The predicted octanol–water partition coefficient (Wildman–Crippen LogP) is 4.62. The summed E-state index contributed by atoms with van der Waals surface area (Å²) in [6.07, 6.45) is 7.72. The number of aliphatic hydroxyl groups is 1. The molecular formula is C14H13BrOS. The molecule has 1 aliphatic carbocycles. The van der Waals surface area contributed by atoms with Crippen LogP contribution in [0.15, 0.2) is 64.4 Å². The molecule has 0 heterocycles. The second-order valence-electron chi connectivity index (χ2n) is 3.74. The van der Waals surface area contributed by atoms with Crippen LogP contribution < -0.4 is 0 Å². The van der Waals surface area contributed by atoms with Crippen LogP contribution in [0.1, 0.15) is 5.56 Å². The van der Waals surface area contributed by atoms with Gasteiger partial charge >= 0.3 is 0 Å². The van der Waals surface area contributed by atoms with Crippen LogP contribution in [0.5, 0.6) is 0 Å². The quantitative estimate of drug-likeness (QED) is 0.819. The topological polar surface area (TPSA) is 20.2 Å². The van der Waals surface area contributed by atoms with E-state index >= 15 is 0 Å². The van der Waals surface area contributed by atoms with E-state index in [9.17, 15) is 5.11 Å². The van der Waals surface area contributed by atoms with Crippen molar-refractivity contribution in [3.63, 3.8) is 0 Å². The molecule has 1 aromatic carbocycles. The number of hydrogen-bond donors (Lipinski definition) is 1. The van der Waals surface area contributed by atoms with E-state index in [-0.39, 0.29) is 0 Å². The van der Waals surface area contributed by atoms with Crippen LogP contribution >= 0.6 is 27.7 Å². The largest absolute Gasteiger partial charge is 0.511 e. The second kappa shape index (κ2) is 6.12. The van der Waals surface area contributed by atoms with E-state index in [0.29, 0.717) is 11.5 Å². The summed E-state index contributed by atoms with van der Waals surface area (Å²) in [5.41, 5.74) is 2.20. The summed E-state index contributed by atoms with van der Waals surface area (Å²) in [6, 6.07) is 8.26. The molecular weight excluding hydrogens is 296 g/mol. The van der Waals surface area contributed by atoms with Gasteiger partial charge in [0.1, 0.15) is 5.76 Å². The highest BCUT2D eigenvalue weighted by Crippen LogP contribution is 2.20. The standard InChI is InChI=1S/C14H13BrOS/c15-13-7-5-11(6-8-13)9-17-10-14(16)12-3-1-2-4-12/h1-8,16H,9-10H2. The average molecular weight is 309 g/mol. The van der Waals surface area contributed by atoms with Gasteiger partial charge in [0.2, 0.25) is 0 Å². The van der Waals surface area contributed by atoms with Crippen molar-refractivity contribution in [3.8, 4) is 0 Å². The lowest BCUT2D eigenvalue weighted by Crippen LogP contribution is -1.90. The van der Waals surface area contributed by atoms with Gasteiger partial charge in [0.25, 0.3) is 0 Å². The van der Waals surface area contributed by atoms with Crippen molar-refractivity contribution in [2.75, 3.05) is 5.75 Å². The summed E-state index contributed by atoms with van der Waals surface area (Å²) in [5.74, 6) is 2.02. The average Bonchev–Trinajstić information content (AvgIpc) is 2.85. The van der Waals surface area contributed by atoms with E-state index in [1.807, 2.05) is 36.4 Å². The van der Waals surface area contributed by atoms with Crippen molar-refractivity contribution in [1.29, 1.82) is 0 Å². The van der Waals surface area contributed by atoms with Gasteiger partial charge in [-0.1, -0.05) is 52.4 Å². The molecule has 1 aliphatic rings. The lowest BCUT2D eigenvalue weighted by molar-refractivity contribution is 0.414. The lowest BCUT2D eigenvalue weighted by atomic mass is 10.2. The van der Waals surface area contributed by atoms with Gasteiger partial charge in [-0.15, -0.1) is 11.8 Å². The Morgan fingerprint density at radius 2 is 1.76 bits per heavy atom. The Morgan fingerprint density at radius 1 is 1.12 bits per heavy atom. The minimum absolute atomic E-state index is 0.456. The molecule has 0 unspecified atom stereocenters. The SMILES string of the molecule is OC(CSCc1ccc(Br)cc1)=C1C=CC=C1. The fourth-order valence-corrected chi connectivity index (χ4v) is 2.65. The summed E-state index contributed by atoms with van der Waals surface area (Å²) in [4.78, 5) is 0. The smallest absolute Gasteiger partial charge is 0.109 e. The number of halogens is 1. The molecule has 0 bridgehead atoms. The Bertz CT molecular complexity index is 458. The second-order valence-corrected chi connectivity index (χ2v) is 5.64. The predicted molar refractivity (Wildman–Crippen MR) is 78.2 cm³/mol. The Balaban J connectivity index is 1.84. The number of aliphatic hydroxyl groups excluding tert-OH is 1. The Hall–Kier alpha value is -0.930. The number of benzene rings is 1. The zero-order valence-corrected chi connectivity index (χ0v) is 11.7. The third kappa shape index (κ3) is 3.79. The third-order valence-electron chi connectivity index (χ3n) is 2.42. The van der Waals surface area contributed by atoms with Crippen molar-refractivity contribution in [2.24, 2.45) is 0 Å². The van der Waals surface area contributed by atoms with Crippen LogP contribution in [0.3, 0.4) is 0 Å². The highest BCUT2D eigenvalue weighted by atomic mass is 79.9.